The standard InChI is InChI=1S/C69H105N3O5/c1-4-7-10-13-16-18-20-22-24-26-28-30-32-34-36-38-41-44-49-63(66(70)75)50-46-47-52-65(64(67(71)76)51-45-42-39-37-35-33-31-29-27-25-23-21-19-17-14-11-8-5-2)68(77)72-69(59-73,60-74)58-57-62-55-53-61(54-56-62)48-43-40-15-12-9-6-3/h7-8,10-11,16-19,22-25,28-31,34-37,41-42,44-45,53-56,63-65,73-74H,4-6,9,12-15,20-21,26-27,32-33,38-40,43,46-52,57-60H2,1-3H3,(H2,70,75)(H2,71,76)(H,72,77)/b10-7+,11-8+,18-16+,19-17+,24-22+,25-23+,30-28+,31-29+,36-34+,37-35+,44-41+,45-42+/t63?,64?,65-/m0/s1. The van der Waals surface area contributed by atoms with Crippen LogP contribution < -0.4 is 16.8 Å². The van der Waals surface area contributed by atoms with Crippen molar-refractivity contribution in [1.29, 1.82) is 0 Å². The molecule has 0 spiro atoms. The van der Waals surface area contributed by atoms with Crippen molar-refractivity contribution in [1.82, 2.24) is 5.32 Å². The molecular formula is C69H105N3O5. The Hall–Kier alpha value is -5.57. The number of rotatable bonds is 48. The minimum absolute atomic E-state index is 0.265. The lowest BCUT2D eigenvalue weighted by atomic mass is 9.82. The van der Waals surface area contributed by atoms with Crippen molar-refractivity contribution < 1.29 is 24.6 Å². The molecule has 8 heteroatoms. The first kappa shape index (κ1) is 69.4. The molecule has 1 rings (SSSR count). The molecule has 0 radical (unpaired) electrons. The van der Waals surface area contributed by atoms with Crippen LogP contribution in [0, 0.1) is 17.8 Å². The van der Waals surface area contributed by atoms with Gasteiger partial charge in [0, 0.05) is 11.8 Å². The van der Waals surface area contributed by atoms with Gasteiger partial charge in [0.25, 0.3) is 0 Å². The first-order valence-corrected chi connectivity index (χ1v) is 29.7. The highest BCUT2D eigenvalue weighted by Crippen LogP contribution is 2.27. The fraction of sp³-hybridized carbons (Fsp3) is 0.522. The summed E-state index contributed by atoms with van der Waals surface area (Å²) in [4.78, 5) is 40.1. The first-order chi connectivity index (χ1) is 37.7. The fourth-order valence-corrected chi connectivity index (χ4v) is 8.74. The lowest BCUT2D eigenvalue weighted by Gasteiger charge is -2.34. The second kappa shape index (κ2) is 50.0. The summed E-state index contributed by atoms with van der Waals surface area (Å²) >= 11 is 0. The number of primary amides is 2. The van der Waals surface area contributed by atoms with E-state index in [1.807, 2.05) is 18.2 Å². The average molecular weight is 1060 g/mol. The zero-order chi connectivity index (χ0) is 56.1. The number of aliphatic hydroxyl groups is 2. The number of benzene rings is 1. The van der Waals surface area contributed by atoms with Gasteiger partial charge in [-0.2, -0.15) is 0 Å². The average Bonchev–Trinajstić information content (AvgIpc) is 3.43. The SMILES string of the molecule is CC/C=C/C/C=C/C/C=C/C/C=C/C/C=C/C/C=C/CC(CCCC[C@H](C(=O)NC(CO)(CO)CCc1ccc(CCCCCCCC)cc1)C(C/C=C/C/C=C/C/C=C/C/C=C/C/C=C/C/C=C/CC)C(N)=O)C(N)=O. The highest BCUT2D eigenvalue weighted by atomic mass is 16.3. The molecule has 77 heavy (non-hydrogen) atoms. The Kier molecular flexibility index (Phi) is 45.1. The molecular weight excluding hydrogens is 951 g/mol. The number of hydrogen-bond acceptors (Lipinski definition) is 5. The van der Waals surface area contributed by atoms with E-state index in [1.54, 1.807) is 0 Å². The Bertz CT molecular complexity index is 2020. The maximum absolute atomic E-state index is 14.4. The molecule has 426 valence electrons. The van der Waals surface area contributed by atoms with Gasteiger partial charge in [0.2, 0.25) is 17.7 Å². The summed E-state index contributed by atoms with van der Waals surface area (Å²) in [5, 5.41) is 24.4. The topological polar surface area (TPSA) is 156 Å². The van der Waals surface area contributed by atoms with Crippen LogP contribution in [0.1, 0.15) is 192 Å². The highest BCUT2D eigenvalue weighted by molar-refractivity contribution is 5.87. The van der Waals surface area contributed by atoms with Gasteiger partial charge in [-0.1, -0.05) is 236 Å². The molecule has 3 atom stereocenters. The van der Waals surface area contributed by atoms with Gasteiger partial charge in [-0.05, 0) is 140 Å². The molecule has 1 aromatic rings. The van der Waals surface area contributed by atoms with Crippen molar-refractivity contribution in [2.24, 2.45) is 29.2 Å². The van der Waals surface area contributed by atoms with Crippen LogP contribution in [0.15, 0.2) is 170 Å². The van der Waals surface area contributed by atoms with E-state index in [0.29, 0.717) is 51.4 Å². The summed E-state index contributed by atoms with van der Waals surface area (Å²) in [6, 6.07) is 8.48. The second-order valence-electron chi connectivity index (χ2n) is 20.2. The van der Waals surface area contributed by atoms with E-state index in [4.69, 9.17) is 11.5 Å². The van der Waals surface area contributed by atoms with Crippen LogP contribution in [0.25, 0.3) is 0 Å². The van der Waals surface area contributed by atoms with Crippen molar-refractivity contribution in [2.45, 2.75) is 200 Å². The third-order valence-electron chi connectivity index (χ3n) is 13.6. The van der Waals surface area contributed by atoms with Crippen LogP contribution in [-0.4, -0.2) is 46.7 Å². The maximum atomic E-state index is 14.4. The normalized spacial score (nSPS) is 14.2. The molecule has 8 nitrogen and oxygen atoms in total. The molecule has 0 aliphatic carbocycles. The van der Waals surface area contributed by atoms with E-state index >= 15 is 0 Å². The fourth-order valence-electron chi connectivity index (χ4n) is 8.74. The predicted octanol–water partition coefficient (Wildman–Crippen LogP) is 15.9. The number of carbonyl (C=O) groups excluding carboxylic acids is 3. The Morgan fingerprint density at radius 3 is 1.19 bits per heavy atom. The van der Waals surface area contributed by atoms with E-state index in [-0.39, 0.29) is 18.2 Å². The molecule has 0 saturated heterocycles. The highest BCUT2D eigenvalue weighted by Gasteiger charge is 2.37. The van der Waals surface area contributed by atoms with Gasteiger partial charge in [-0.15, -0.1) is 0 Å². The quantitative estimate of drug-likeness (QED) is 0.0325. The molecule has 0 bridgehead atoms. The van der Waals surface area contributed by atoms with Crippen LogP contribution in [0.5, 0.6) is 0 Å². The van der Waals surface area contributed by atoms with E-state index < -0.39 is 42.4 Å². The lowest BCUT2D eigenvalue weighted by Crippen LogP contribution is -2.57. The van der Waals surface area contributed by atoms with Gasteiger partial charge in [0.05, 0.1) is 24.7 Å². The van der Waals surface area contributed by atoms with E-state index in [2.05, 4.69) is 178 Å². The molecule has 0 aliphatic heterocycles. The second-order valence-corrected chi connectivity index (χ2v) is 20.2. The van der Waals surface area contributed by atoms with Gasteiger partial charge in [-0.3, -0.25) is 14.4 Å². The largest absolute Gasteiger partial charge is 0.394 e. The summed E-state index contributed by atoms with van der Waals surface area (Å²) < 4.78 is 0. The molecule has 3 amide bonds. The molecule has 0 fully saturated rings. The number of hydrogen-bond donors (Lipinski definition) is 5. The smallest absolute Gasteiger partial charge is 0.224 e. The number of carbonyl (C=O) groups is 3. The molecule has 7 N–H and O–H groups in total. The monoisotopic (exact) mass is 1060 g/mol. The lowest BCUT2D eigenvalue weighted by molar-refractivity contribution is -0.136. The Morgan fingerprint density at radius 1 is 0.442 bits per heavy atom. The summed E-state index contributed by atoms with van der Waals surface area (Å²) in [6.07, 6.45) is 74.4. The minimum atomic E-state index is -1.31. The van der Waals surface area contributed by atoms with Gasteiger partial charge in [0.15, 0.2) is 0 Å². The van der Waals surface area contributed by atoms with E-state index in [1.165, 1.54) is 37.7 Å². The van der Waals surface area contributed by atoms with Crippen LogP contribution in [0.2, 0.25) is 0 Å². The van der Waals surface area contributed by atoms with E-state index in [9.17, 15) is 24.6 Å². The molecule has 2 unspecified atom stereocenters. The Labute approximate surface area is 468 Å². The van der Waals surface area contributed by atoms with Crippen molar-refractivity contribution in [3.05, 3.63) is 181 Å². The number of amides is 3. The summed E-state index contributed by atoms with van der Waals surface area (Å²) in [5.74, 6) is -3.38. The van der Waals surface area contributed by atoms with Crippen LogP contribution >= 0.6 is 0 Å². The van der Waals surface area contributed by atoms with E-state index in [0.717, 1.165) is 89.0 Å². The summed E-state index contributed by atoms with van der Waals surface area (Å²) in [7, 11) is 0. The zero-order valence-corrected chi connectivity index (χ0v) is 48.2. The van der Waals surface area contributed by atoms with Crippen LogP contribution in [0.4, 0.5) is 0 Å². The van der Waals surface area contributed by atoms with Crippen molar-refractivity contribution >= 4 is 17.7 Å². The third-order valence-corrected chi connectivity index (χ3v) is 13.6. The van der Waals surface area contributed by atoms with Crippen molar-refractivity contribution in [3.63, 3.8) is 0 Å². The predicted molar refractivity (Wildman–Crippen MR) is 330 cm³/mol. The Balaban J connectivity index is 2.94. The zero-order valence-electron chi connectivity index (χ0n) is 48.2. The van der Waals surface area contributed by atoms with Gasteiger partial charge >= 0.3 is 0 Å². The molecule has 0 saturated carbocycles. The minimum Gasteiger partial charge on any atom is -0.394 e. The maximum Gasteiger partial charge on any atom is 0.224 e. The van der Waals surface area contributed by atoms with Crippen LogP contribution in [-0.2, 0) is 27.2 Å². The van der Waals surface area contributed by atoms with Crippen molar-refractivity contribution in [2.75, 3.05) is 13.2 Å². The van der Waals surface area contributed by atoms with Gasteiger partial charge in [-0.25, -0.2) is 0 Å². The Morgan fingerprint density at radius 2 is 0.805 bits per heavy atom. The number of allylic oxidation sites excluding steroid dienone is 24. The third kappa shape index (κ3) is 38.6. The molecule has 0 aromatic heterocycles. The molecule has 1 aromatic carbocycles. The van der Waals surface area contributed by atoms with Gasteiger partial charge < -0.3 is 27.0 Å². The van der Waals surface area contributed by atoms with Gasteiger partial charge in [0.1, 0.15) is 0 Å². The van der Waals surface area contributed by atoms with Crippen LogP contribution in [0.3, 0.4) is 0 Å². The summed E-state index contributed by atoms with van der Waals surface area (Å²) in [6.45, 7) is 5.57. The number of nitrogens with one attached hydrogen (secondary N) is 1. The number of nitrogens with two attached hydrogens (primary N) is 2. The number of unbranched alkanes of at least 4 members (excludes halogenated alkanes) is 6. The molecule has 0 aliphatic rings. The first-order valence-electron chi connectivity index (χ1n) is 29.7. The summed E-state index contributed by atoms with van der Waals surface area (Å²) in [5.41, 5.74) is 13.0. The molecule has 0 heterocycles. The number of aliphatic hydroxyl groups excluding tert-OH is 2. The van der Waals surface area contributed by atoms with Crippen molar-refractivity contribution in [3.8, 4) is 0 Å². The number of aryl methyl sites for hydroxylation is 2.